The Hall–Kier alpha value is -0.730. The first-order valence-electron chi connectivity index (χ1n) is 4.44. The molecular formula is C8H14NO6. The fraction of sp³-hybridized carbons (Fsp3) is 0.750. The number of ether oxygens (including phenoxy) is 1. The van der Waals surface area contributed by atoms with Crippen molar-refractivity contribution in [1.29, 1.82) is 0 Å². The summed E-state index contributed by atoms with van der Waals surface area (Å²) in [6, 6.07) is -1.18. The first-order valence-corrected chi connectivity index (χ1v) is 4.44. The van der Waals surface area contributed by atoms with Gasteiger partial charge in [-0.15, -0.1) is 0 Å². The summed E-state index contributed by atoms with van der Waals surface area (Å²) >= 11 is 0. The van der Waals surface area contributed by atoms with E-state index in [9.17, 15) is 20.1 Å². The smallest absolute Gasteiger partial charge is 0.247 e. The SMILES string of the molecule is CC(=O)NC1C(O)C(O)C(CO)O[13C]1O. The van der Waals surface area contributed by atoms with E-state index in [1.54, 1.807) is 0 Å². The molecule has 1 rings (SSSR count). The molecule has 87 valence electrons. The van der Waals surface area contributed by atoms with E-state index in [1.807, 2.05) is 0 Å². The molecule has 5 N–H and O–H groups in total. The summed E-state index contributed by atoms with van der Waals surface area (Å²) in [7, 11) is 0. The van der Waals surface area contributed by atoms with E-state index >= 15 is 0 Å². The van der Waals surface area contributed by atoms with Gasteiger partial charge in [0.15, 0.2) is 0 Å². The second kappa shape index (κ2) is 4.86. The van der Waals surface area contributed by atoms with Crippen molar-refractivity contribution in [3.05, 3.63) is 6.29 Å². The number of hydrogen-bond acceptors (Lipinski definition) is 6. The van der Waals surface area contributed by atoms with Crippen molar-refractivity contribution in [2.45, 2.75) is 31.3 Å². The Morgan fingerprint density at radius 2 is 2.07 bits per heavy atom. The lowest BCUT2D eigenvalue weighted by atomic mass is 10.0. The molecule has 0 spiro atoms. The van der Waals surface area contributed by atoms with E-state index in [0.717, 1.165) is 0 Å². The fourth-order valence-corrected chi connectivity index (χ4v) is 1.37. The zero-order valence-electron chi connectivity index (χ0n) is 8.12. The third kappa shape index (κ3) is 2.64. The van der Waals surface area contributed by atoms with Crippen LogP contribution >= 0.6 is 0 Å². The maximum atomic E-state index is 10.7. The number of aliphatic hydroxyl groups is 4. The molecule has 4 unspecified atom stereocenters. The molecule has 1 heterocycles. The van der Waals surface area contributed by atoms with Gasteiger partial charge < -0.3 is 30.5 Å². The molecule has 0 aromatic carbocycles. The lowest BCUT2D eigenvalue weighted by Gasteiger charge is -2.39. The average molecular weight is 221 g/mol. The van der Waals surface area contributed by atoms with Gasteiger partial charge in [0.1, 0.15) is 24.4 Å². The molecule has 0 aliphatic carbocycles. The highest BCUT2D eigenvalue weighted by atomic mass is 16.7. The van der Waals surface area contributed by atoms with Crippen LogP contribution in [0.15, 0.2) is 0 Å². The molecule has 1 amide bonds. The van der Waals surface area contributed by atoms with Crippen molar-refractivity contribution in [1.82, 2.24) is 5.32 Å². The third-order valence-electron chi connectivity index (χ3n) is 2.15. The summed E-state index contributed by atoms with van der Waals surface area (Å²) in [5, 5.41) is 39.2. The topological polar surface area (TPSA) is 119 Å². The standard InChI is InChI=1S/C8H14NO6/c1-3(11)9-5-7(13)6(12)4(2-10)15-8(5)14/h4-7,10,12-14H,2H2,1H3,(H,9,11)/i8+1. The number of aliphatic hydroxyl groups excluding tert-OH is 4. The van der Waals surface area contributed by atoms with Gasteiger partial charge in [0.05, 0.1) is 6.61 Å². The van der Waals surface area contributed by atoms with Crippen molar-refractivity contribution < 1.29 is 30.0 Å². The molecule has 1 saturated heterocycles. The quantitative estimate of drug-likeness (QED) is 0.328. The Balaban J connectivity index is 2.70. The van der Waals surface area contributed by atoms with E-state index in [2.05, 4.69) is 5.32 Å². The van der Waals surface area contributed by atoms with Gasteiger partial charge in [0.2, 0.25) is 12.2 Å². The predicted octanol–water partition coefficient (Wildman–Crippen LogP) is -2.53. The number of carbonyl (C=O) groups is 1. The maximum Gasteiger partial charge on any atom is 0.247 e. The average Bonchev–Trinajstić information content (AvgIpc) is 2.18. The fourth-order valence-electron chi connectivity index (χ4n) is 1.37. The molecule has 7 heteroatoms. The first kappa shape index (κ1) is 12.3. The van der Waals surface area contributed by atoms with Crippen molar-refractivity contribution in [2.75, 3.05) is 6.61 Å². The molecule has 4 atom stereocenters. The lowest BCUT2D eigenvalue weighted by molar-refractivity contribution is -0.198. The summed E-state index contributed by atoms with van der Waals surface area (Å²) < 4.78 is 4.73. The van der Waals surface area contributed by atoms with Gasteiger partial charge in [0.25, 0.3) is 0 Å². The van der Waals surface area contributed by atoms with Crippen LogP contribution in [0.2, 0.25) is 0 Å². The third-order valence-corrected chi connectivity index (χ3v) is 2.15. The van der Waals surface area contributed by atoms with Crippen LogP contribution in [0.3, 0.4) is 0 Å². The van der Waals surface area contributed by atoms with E-state index < -0.39 is 43.2 Å². The predicted molar refractivity (Wildman–Crippen MR) is 46.8 cm³/mol. The second-order valence-electron chi connectivity index (χ2n) is 3.34. The molecular weight excluding hydrogens is 207 g/mol. The number of nitrogens with one attached hydrogen (secondary N) is 1. The number of rotatable bonds is 2. The lowest BCUT2D eigenvalue weighted by Crippen LogP contribution is -2.60. The normalized spacial score (nSPS) is 37.7. The molecule has 7 nitrogen and oxygen atoms in total. The maximum absolute atomic E-state index is 10.7. The Labute approximate surface area is 86.3 Å². The van der Waals surface area contributed by atoms with E-state index in [0.29, 0.717) is 0 Å². The van der Waals surface area contributed by atoms with Crippen LogP contribution < -0.4 is 5.32 Å². The van der Waals surface area contributed by atoms with Crippen molar-refractivity contribution in [3.8, 4) is 0 Å². The minimum absolute atomic E-state index is 0.483. The molecule has 1 aliphatic heterocycles. The van der Waals surface area contributed by atoms with Gasteiger partial charge in [-0.2, -0.15) is 0 Å². The van der Waals surface area contributed by atoms with Crippen LogP contribution in [0.1, 0.15) is 6.92 Å². The van der Waals surface area contributed by atoms with Crippen LogP contribution in [-0.4, -0.2) is 57.3 Å². The van der Waals surface area contributed by atoms with Crippen LogP contribution in [0.4, 0.5) is 0 Å². The number of amides is 1. The highest BCUT2D eigenvalue weighted by Crippen LogP contribution is 2.23. The molecule has 15 heavy (non-hydrogen) atoms. The minimum atomic E-state index is -1.42. The summed E-state index contributed by atoms with van der Waals surface area (Å²) in [6.07, 6.45) is -4.50. The molecule has 0 bridgehead atoms. The second-order valence-corrected chi connectivity index (χ2v) is 3.34. The molecule has 0 saturated carbocycles. The van der Waals surface area contributed by atoms with E-state index in [1.165, 1.54) is 6.92 Å². The summed E-state index contributed by atoms with van der Waals surface area (Å²) in [5.41, 5.74) is 0. The largest absolute Gasteiger partial charge is 0.394 e. The van der Waals surface area contributed by atoms with Crippen LogP contribution in [-0.2, 0) is 9.53 Å². The highest BCUT2D eigenvalue weighted by molar-refractivity contribution is 5.73. The van der Waals surface area contributed by atoms with Gasteiger partial charge in [0, 0.05) is 6.92 Å². The van der Waals surface area contributed by atoms with Crippen LogP contribution in [0, 0.1) is 6.29 Å². The van der Waals surface area contributed by atoms with Crippen molar-refractivity contribution >= 4 is 5.91 Å². The van der Waals surface area contributed by atoms with Gasteiger partial charge >= 0.3 is 0 Å². The van der Waals surface area contributed by atoms with Crippen LogP contribution in [0.5, 0.6) is 0 Å². The molecule has 1 aliphatic rings. The van der Waals surface area contributed by atoms with E-state index in [-0.39, 0.29) is 0 Å². The van der Waals surface area contributed by atoms with Gasteiger partial charge in [-0.25, -0.2) is 0 Å². The Bertz CT molecular complexity index is 235. The van der Waals surface area contributed by atoms with Crippen LogP contribution in [0.25, 0.3) is 0 Å². The summed E-state index contributed by atoms with van der Waals surface area (Å²) in [4.78, 5) is 10.7. The highest BCUT2D eigenvalue weighted by Gasteiger charge is 2.45. The Kier molecular flexibility index (Phi) is 4.00. The molecule has 0 aromatic heterocycles. The Morgan fingerprint density at radius 3 is 2.53 bits per heavy atom. The monoisotopic (exact) mass is 221 g/mol. The van der Waals surface area contributed by atoms with Gasteiger partial charge in [-0.1, -0.05) is 0 Å². The summed E-state index contributed by atoms with van der Waals surface area (Å²) in [6.45, 7) is 0.652. The van der Waals surface area contributed by atoms with Crippen molar-refractivity contribution in [2.24, 2.45) is 0 Å². The van der Waals surface area contributed by atoms with Crippen molar-refractivity contribution in [3.63, 3.8) is 0 Å². The van der Waals surface area contributed by atoms with Gasteiger partial charge in [-0.3, -0.25) is 4.79 Å². The zero-order valence-corrected chi connectivity index (χ0v) is 8.12. The molecule has 1 fully saturated rings. The Morgan fingerprint density at radius 1 is 1.47 bits per heavy atom. The van der Waals surface area contributed by atoms with Gasteiger partial charge in [-0.05, 0) is 0 Å². The molecule has 0 aromatic rings. The minimum Gasteiger partial charge on any atom is -0.394 e. The zero-order chi connectivity index (χ0) is 11.6. The van der Waals surface area contributed by atoms with E-state index in [4.69, 9.17) is 9.84 Å². The molecule has 1 radical (unpaired) electrons. The number of hydrogen-bond donors (Lipinski definition) is 5. The summed E-state index contributed by atoms with van der Waals surface area (Å²) in [5.74, 6) is -0.483. The first-order chi connectivity index (χ1) is 6.97. The number of carbonyl (C=O) groups excluding carboxylic acids is 1.